The zero-order valence-electron chi connectivity index (χ0n) is 10.6. The second-order valence-corrected chi connectivity index (χ2v) is 5.85. The number of nitrogens with two attached hydrogens (primary N) is 1. The van der Waals surface area contributed by atoms with E-state index in [0.717, 1.165) is 26.1 Å². The molecule has 0 saturated carbocycles. The predicted molar refractivity (Wildman–Crippen MR) is 72.9 cm³/mol. The van der Waals surface area contributed by atoms with Crippen LogP contribution >= 0.6 is 11.3 Å². The second-order valence-electron chi connectivity index (χ2n) is 4.87. The number of hydrogen-bond acceptors (Lipinski definition) is 5. The number of nitrogens with one attached hydrogen (secondary N) is 1. The average molecular weight is 254 g/mol. The summed E-state index contributed by atoms with van der Waals surface area (Å²) in [5.74, 6) is 5.69. The molecule has 17 heavy (non-hydrogen) atoms. The first kappa shape index (κ1) is 13.0. The first-order valence-electron chi connectivity index (χ1n) is 6.09. The summed E-state index contributed by atoms with van der Waals surface area (Å²) in [5, 5.41) is 2.11. The van der Waals surface area contributed by atoms with Gasteiger partial charge in [-0.3, -0.25) is 11.3 Å². The van der Waals surface area contributed by atoms with Crippen LogP contribution in [0.25, 0.3) is 0 Å². The van der Waals surface area contributed by atoms with E-state index in [4.69, 9.17) is 5.84 Å². The minimum Gasteiger partial charge on any atom is -0.304 e. The van der Waals surface area contributed by atoms with Crippen molar-refractivity contribution in [1.82, 2.24) is 15.2 Å². The molecule has 2 atom stereocenters. The Kier molecular flexibility index (Phi) is 4.53. The molecule has 0 bridgehead atoms. The van der Waals surface area contributed by atoms with Gasteiger partial charge in [0.2, 0.25) is 0 Å². The molecule has 96 valence electrons. The van der Waals surface area contributed by atoms with Crippen LogP contribution in [0.15, 0.2) is 17.5 Å². The van der Waals surface area contributed by atoms with Gasteiger partial charge in [-0.25, -0.2) is 0 Å². The summed E-state index contributed by atoms with van der Waals surface area (Å²) in [7, 11) is 4.40. The van der Waals surface area contributed by atoms with Gasteiger partial charge in [0.05, 0.1) is 6.04 Å². The van der Waals surface area contributed by atoms with E-state index in [1.165, 1.54) is 4.88 Å². The van der Waals surface area contributed by atoms with Crippen molar-refractivity contribution in [3.63, 3.8) is 0 Å². The standard InChI is InChI=1S/C12H22N4S/c1-15-5-6-16(2)10(9-15)8-11(14-13)12-4-3-7-17-12/h3-4,7,10-11,14H,5-6,8-9,13H2,1-2H3. The molecule has 0 aromatic carbocycles. The number of hydrazine groups is 1. The van der Waals surface area contributed by atoms with E-state index in [2.05, 4.69) is 46.8 Å². The van der Waals surface area contributed by atoms with Crippen molar-refractivity contribution >= 4 is 11.3 Å². The smallest absolute Gasteiger partial charge is 0.0568 e. The van der Waals surface area contributed by atoms with Crippen molar-refractivity contribution in [3.8, 4) is 0 Å². The lowest BCUT2D eigenvalue weighted by Crippen LogP contribution is -2.51. The van der Waals surface area contributed by atoms with Gasteiger partial charge in [0, 0.05) is 30.6 Å². The zero-order valence-corrected chi connectivity index (χ0v) is 11.4. The fourth-order valence-corrected chi connectivity index (χ4v) is 3.18. The lowest BCUT2D eigenvalue weighted by Gasteiger charge is -2.39. The maximum absolute atomic E-state index is 5.69. The van der Waals surface area contributed by atoms with Gasteiger partial charge in [0.1, 0.15) is 0 Å². The highest BCUT2D eigenvalue weighted by Crippen LogP contribution is 2.25. The Bertz CT molecular complexity index is 327. The molecule has 1 aliphatic rings. The van der Waals surface area contributed by atoms with E-state index in [-0.39, 0.29) is 6.04 Å². The summed E-state index contributed by atoms with van der Waals surface area (Å²) in [5.41, 5.74) is 2.95. The van der Waals surface area contributed by atoms with Gasteiger partial charge in [0.15, 0.2) is 0 Å². The van der Waals surface area contributed by atoms with Gasteiger partial charge in [0.25, 0.3) is 0 Å². The summed E-state index contributed by atoms with van der Waals surface area (Å²) in [6, 6.07) is 5.09. The summed E-state index contributed by atoms with van der Waals surface area (Å²) in [6.45, 7) is 3.43. The Labute approximate surface area is 107 Å². The van der Waals surface area contributed by atoms with Crippen molar-refractivity contribution in [2.45, 2.75) is 18.5 Å². The third-order valence-electron chi connectivity index (χ3n) is 3.58. The van der Waals surface area contributed by atoms with Crippen LogP contribution in [0.3, 0.4) is 0 Å². The predicted octanol–water partition coefficient (Wildman–Crippen LogP) is 0.888. The van der Waals surface area contributed by atoms with Gasteiger partial charge in [-0.15, -0.1) is 11.3 Å². The number of nitrogens with zero attached hydrogens (tertiary/aromatic N) is 2. The highest BCUT2D eigenvalue weighted by molar-refractivity contribution is 7.10. The normalized spacial score (nSPS) is 25.0. The number of likely N-dealkylation sites (N-methyl/N-ethyl adjacent to an activating group) is 2. The molecule has 0 radical (unpaired) electrons. The van der Waals surface area contributed by atoms with Crippen molar-refractivity contribution in [3.05, 3.63) is 22.4 Å². The Morgan fingerprint density at radius 1 is 1.53 bits per heavy atom. The molecule has 2 rings (SSSR count). The monoisotopic (exact) mass is 254 g/mol. The Morgan fingerprint density at radius 3 is 3.00 bits per heavy atom. The molecule has 2 unspecified atom stereocenters. The Morgan fingerprint density at radius 2 is 2.35 bits per heavy atom. The van der Waals surface area contributed by atoms with Crippen molar-refractivity contribution in [2.75, 3.05) is 33.7 Å². The van der Waals surface area contributed by atoms with E-state index in [1.807, 2.05) is 0 Å². The van der Waals surface area contributed by atoms with Gasteiger partial charge in [-0.05, 0) is 32.0 Å². The number of thiophene rings is 1. The van der Waals surface area contributed by atoms with Crippen molar-refractivity contribution in [1.29, 1.82) is 0 Å². The lowest BCUT2D eigenvalue weighted by atomic mass is 10.0. The van der Waals surface area contributed by atoms with Crippen LogP contribution in [-0.4, -0.2) is 49.6 Å². The number of rotatable bonds is 4. The molecule has 2 heterocycles. The lowest BCUT2D eigenvalue weighted by molar-refractivity contribution is 0.101. The minimum atomic E-state index is 0.272. The van der Waals surface area contributed by atoms with Crippen molar-refractivity contribution < 1.29 is 0 Å². The molecule has 1 aromatic rings. The molecular weight excluding hydrogens is 232 g/mol. The zero-order chi connectivity index (χ0) is 12.3. The van der Waals surface area contributed by atoms with Crippen LogP contribution in [0.2, 0.25) is 0 Å². The number of piperazine rings is 1. The first-order chi connectivity index (χ1) is 8.20. The molecule has 5 heteroatoms. The largest absolute Gasteiger partial charge is 0.304 e. The molecule has 0 spiro atoms. The van der Waals surface area contributed by atoms with Gasteiger partial charge in [-0.2, -0.15) is 0 Å². The molecule has 1 fully saturated rings. The fraction of sp³-hybridized carbons (Fsp3) is 0.667. The minimum absolute atomic E-state index is 0.272. The first-order valence-corrected chi connectivity index (χ1v) is 6.97. The Hall–Kier alpha value is -0.460. The van der Waals surface area contributed by atoms with Crippen LogP contribution in [0.5, 0.6) is 0 Å². The topological polar surface area (TPSA) is 44.5 Å². The molecule has 0 amide bonds. The van der Waals surface area contributed by atoms with E-state index in [1.54, 1.807) is 11.3 Å². The van der Waals surface area contributed by atoms with Crippen LogP contribution in [0, 0.1) is 0 Å². The van der Waals surface area contributed by atoms with Gasteiger partial charge < -0.3 is 9.80 Å². The SMILES string of the molecule is CN1CCN(C)C(CC(NN)c2cccs2)C1. The van der Waals surface area contributed by atoms with Crippen LogP contribution in [-0.2, 0) is 0 Å². The second kappa shape index (κ2) is 5.93. The van der Waals surface area contributed by atoms with Crippen molar-refractivity contribution in [2.24, 2.45) is 5.84 Å². The molecule has 1 aromatic heterocycles. The van der Waals surface area contributed by atoms with E-state index in [0.29, 0.717) is 6.04 Å². The summed E-state index contributed by atoms with van der Waals surface area (Å²) < 4.78 is 0. The maximum atomic E-state index is 5.69. The van der Waals surface area contributed by atoms with E-state index in [9.17, 15) is 0 Å². The quantitative estimate of drug-likeness (QED) is 0.619. The van der Waals surface area contributed by atoms with E-state index < -0.39 is 0 Å². The average Bonchev–Trinajstić information content (AvgIpc) is 2.84. The highest BCUT2D eigenvalue weighted by atomic mass is 32.1. The van der Waals surface area contributed by atoms with Crippen LogP contribution in [0.4, 0.5) is 0 Å². The fourth-order valence-electron chi connectivity index (χ4n) is 2.38. The van der Waals surface area contributed by atoms with E-state index >= 15 is 0 Å². The number of hydrogen-bond donors (Lipinski definition) is 2. The summed E-state index contributed by atoms with van der Waals surface area (Å²) in [4.78, 5) is 6.17. The third-order valence-corrected chi connectivity index (χ3v) is 4.56. The van der Waals surface area contributed by atoms with Crippen LogP contribution < -0.4 is 11.3 Å². The summed E-state index contributed by atoms with van der Waals surface area (Å²) in [6.07, 6.45) is 1.07. The summed E-state index contributed by atoms with van der Waals surface area (Å²) >= 11 is 1.77. The molecule has 1 saturated heterocycles. The highest BCUT2D eigenvalue weighted by Gasteiger charge is 2.25. The van der Waals surface area contributed by atoms with Gasteiger partial charge in [-0.1, -0.05) is 6.07 Å². The Balaban J connectivity index is 1.98. The van der Waals surface area contributed by atoms with Gasteiger partial charge >= 0.3 is 0 Å². The molecule has 0 aliphatic carbocycles. The molecular formula is C12H22N4S. The third kappa shape index (κ3) is 3.26. The molecule has 1 aliphatic heterocycles. The van der Waals surface area contributed by atoms with Crippen LogP contribution in [0.1, 0.15) is 17.3 Å². The maximum Gasteiger partial charge on any atom is 0.0568 e. The molecule has 3 N–H and O–H groups in total. The molecule has 4 nitrogen and oxygen atoms in total.